The van der Waals surface area contributed by atoms with Crippen LogP contribution in [0.5, 0.6) is 0 Å². The minimum Gasteiger partial charge on any atom is -0.464 e. The number of anilines is 2. The van der Waals surface area contributed by atoms with Crippen LogP contribution in [0.15, 0.2) is 40.7 Å². The first-order valence-electron chi connectivity index (χ1n) is 16.6. The molecule has 0 saturated heterocycles. The Labute approximate surface area is 295 Å². The van der Waals surface area contributed by atoms with Gasteiger partial charge in [0.2, 0.25) is 0 Å². The Balaban J connectivity index is 1.55. The van der Waals surface area contributed by atoms with Crippen LogP contribution in [0.25, 0.3) is 10.2 Å². The lowest BCUT2D eigenvalue weighted by molar-refractivity contribution is 0.0595. The monoisotopic (exact) mass is 728 g/mol. The minimum atomic E-state index is -1.77. The molecule has 3 heterocycles. The highest BCUT2D eigenvalue weighted by atomic mass is 32.1. The highest BCUT2D eigenvalue weighted by molar-refractivity contribution is 7.16. The fraction of sp³-hybridized carbons (Fsp3) is 0.559. The zero-order valence-electron chi connectivity index (χ0n) is 30.3. The molecule has 0 N–H and O–H groups in total. The number of esters is 1. The summed E-state index contributed by atoms with van der Waals surface area (Å²) < 4.78 is 20.7. The molecule has 4 aromatic rings. The van der Waals surface area contributed by atoms with Crippen molar-refractivity contribution in [1.82, 2.24) is 19.7 Å². The Morgan fingerprint density at radius 2 is 1.79 bits per heavy atom. The van der Waals surface area contributed by atoms with E-state index < -0.39 is 22.4 Å². The number of aromatic nitrogens is 4. The van der Waals surface area contributed by atoms with Gasteiger partial charge < -0.3 is 18.8 Å². The summed E-state index contributed by atoms with van der Waals surface area (Å²) in [4.78, 5) is 24.6. The predicted molar refractivity (Wildman–Crippen MR) is 203 cm³/mol. The number of para-hydroxylation sites is 1. The minimum absolute atomic E-state index is 0.194. The van der Waals surface area contributed by atoms with E-state index in [0.29, 0.717) is 30.0 Å². The number of unbranched alkanes of at least 4 members (excludes halogenated alkanes) is 2. The lowest BCUT2D eigenvalue weighted by Crippen LogP contribution is -2.40. The van der Waals surface area contributed by atoms with Crippen LogP contribution in [0.1, 0.15) is 56.1 Å². The SMILES string of the molecule is COC(=O)c1csc(N(CCCCCO[Si](C)(C)C(C)(C)C)c2cc(C)c(N=c3sc4ccccc4n3COCC[Si](C)(C)C)nn2)n1. The van der Waals surface area contributed by atoms with Gasteiger partial charge in [0.15, 0.2) is 35.6 Å². The van der Waals surface area contributed by atoms with Crippen molar-refractivity contribution in [3.63, 3.8) is 0 Å². The number of benzene rings is 1. The molecule has 0 aliphatic rings. The van der Waals surface area contributed by atoms with E-state index in [-0.39, 0.29) is 10.7 Å². The summed E-state index contributed by atoms with van der Waals surface area (Å²) >= 11 is 3.00. The van der Waals surface area contributed by atoms with Gasteiger partial charge in [0.05, 0.1) is 17.3 Å². The number of hydrogen-bond donors (Lipinski definition) is 0. The van der Waals surface area contributed by atoms with Gasteiger partial charge in [-0.2, -0.15) is 4.99 Å². The molecule has 0 radical (unpaired) electrons. The van der Waals surface area contributed by atoms with Crippen LogP contribution in [0.3, 0.4) is 0 Å². The number of methoxy groups -OCH3 is 1. The number of fused-ring (bicyclic) bond motifs is 1. The van der Waals surface area contributed by atoms with E-state index in [1.165, 1.54) is 18.4 Å². The molecule has 3 aromatic heterocycles. The molecule has 0 bridgehead atoms. The van der Waals surface area contributed by atoms with E-state index in [9.17, 15) is 4.79 Å². The van der Waals surface area contributed by atoms with Crippen molar-refractivity contribution in [2.45, 2.75) is 97.5 Å². The van der Waals surface area contributed by atoms with E-state index in [0.717, 1.165) is 59.1 Å². The molecule has 0 unspecified atom stereocenters. The molecule has 4 rings (SSSR count). The maximum atomic E-state index is 12.2. The van der Waals surface area contributed by atoms with E-state index >= 15 is 0 Å². The molecule has 10 nitrogen and oxygen atoms in total. The average Bonchev–Trinajstić information content (AvgIpc) is 3.63. The molecule has 0 amide bonds. The third-order valence-corrected chi connectivity index (χ3v) is 16.8. The van der Waals surface area contributed by atoms with Gasteiger partial charge in [-0.1, -0.05) is 63.9 Å². The topological polar surface area (TPSA) is 104 Å². The zero-order valence-corrected chi connectivity index (χ0v) is 33.9. The van der Waals surface area contributed by atoms with E-state index in [2.05, 4.69) is 85.4 Å². The largest absolute Gasteiger partial charge is 0.464 e. The third kappa shape index (κ3) is 10.1. The average molecular weight is 729 g/mol. The van der Waals surface area contributed by atoms with E-state index in [4.69, 9.17) is 18.9 Å². The van der Waals surface area contributed by atoms with Crippen molar-refractivity contribution in [2.24, 2.45) is 4.99 Å². The Hall–Kier alpha value is -2.76. The number of ether oxygens (including phenoxy) is 2. The van der Waals surface area contributed by atoms with Crippen molar-refractivity contribution in [2.75, 3.05) is 31.8 Å². The number of rotatable bonds is 16. The summed E-state index contributed by atoms with van der Waals surface area (Å²) in [5, 5.41) is 11.8. The zero-order chi connectivity index (χ0) is 35.1. The first-order valence-corrected chi connectivity index (χ1v) is 24.9. The van der Waals surface area contributed by atoms with Gasteiger partial charge in [-0.05, 0) is 74.1 Å². The van der Waals surface area contributed by atoms with Crippen molar-refractivity contribution in [1.29, 1.82) is 0 Å². The quantitative estimate of drug-likeness (QED) is 0.0640. The molecule has 0 saturated carbocycles. The van der Waals surface area contributed by atoms with Crippen LogP contribution < -0.4 is 9.70 Å². The van der Waals surface area contributed by atoms with E-state index in [1.54, 1.807) is 16.7 Å². The van der Waals surface area contributed by atoms with Gasteiger partial charge >= 0.3 is 5.97 Å². The highest BCUT2D eigenvalue weighted by Crippen LogP contribution is 2.36. The standard InChI is InChI=1S/C34H52N6O4S2Si2/c1-25-22-29(37-38-30(25)36-33-40(24-43-20-21-47(6,7)8)27-16-12-13-17-28(27)46-33)39(32-35-26(23-45-32)31(41)42-5)18-14-11-15-19-44-48(9,10)34(2,3)4/h12-13,16-17,22-23H,11,14-15,18-21,24H2,1-10H3. The number of carbonyl (C=O) groups excluding carboxylic acids is 1. The normalized spacial score (nSPS) is 13.0. The molecule has 0 aliphatic carbocycles. The molecular weight excluding hydrogens is 677 g/mol. The Kier molecular flexibility index (Phi) is 12.9. The maximum absolute atomic E-state index is 12.2. The molecule has 0 spiro atoms. The summed E-state index contributed by atoms with van der Waals surface area (Å²) in [6.45, 7) is 23.0. The summed E-state index contributed by atoms with van der Waals surface area (Å²) in [6.07, 6.45) is 2.87. The predicted octanol–water partition coefficient (Wildman–Crippen LogP) is 8.92. The highest BCUT2D eigenvalue weighted by Gasteiger charge is 2.36. The van der Waals surface area contributed by atoms with Gasteiger partial charge in [-0.3, -0.25) is 4.57 Å². The van der Waals surface area contributed by atoms with Gasteiger partial charge in [0.25, 0.3) is 0 Å². The molecule has 48 heavy (non-hydrogen) atoms. The van der Waals surface area contributed by atoms with Crippen LogP contribution in [-0.4, -0.2) is 69.0 Å². The Morgan fingerprint density at radius 1 is 1.04 bits per heavy atom. The van der Waals surface area contributed by atoms with Crippen molar-refractivity contribution in [3.05, 3.63) is 51.8 Å². The second-order valence-electron chi connectivity index (χ2n) is 14.8. The molecule has 262 valence electrons. The lowest BCUT2D eigenvalue weighted by Gasteiger charge is -2.36. The number of thiazole rings is 2. The van der Waals surface area contributed by atoms with Crippen LogP contribution >= 0.6 is 22.7 Å². The van der Waals surface area contributed by atoms with Crippen molar-refractivity contribution in [3.8, 4) is 0 Å². The molecular formula is C34H52N6O4S2Si2. The second kappa shape index (κ2) is 16.3. The molecule has 0 aliphatic heterocycles. The van der Waals surface area contributed by atoms with Gasteiger partial charge in [-0.15, -0.1) is 21.5 Å². The van der Waals surface area contributed by atoms with Crippen LogP contribution in [0.4, 0.5) is 16.8 Å². The fourth-order valence-electron chi connectivity index (χ4n) is 4.55. The smallest absolute Gasteiger partial charge is 0.357 e. The second-order valence-corrected chi connectivity index (χ2v) is 27.1. The van der Waals surface area contributed by atoms with E-state index in [1.807, 2.05) is 30.0 Å². The summed E-state index contributed by atoms with van der Waals surface area (Å²) in [6, 6.07) is 11.4. The number of carbonyl (C=O) groups is 1. The van der Waals surface area contributed by atoms with Crippen LogP contribution in [0.2, 0.25) is 43.8 Å². The third-order valence-electron chi connectivity index (χ3n) is 8.64. The lowest BCUT2D eigenvalue weighted by atomic mass is 10.2. The first kappa shape index (κ1) is 38.1. The number of aryl methyl sites for hydroxylation is 1. The molecule has 0 atom stereocenters. The number of hydrogen-bond acceptors (Lipinski definition) is 11. The van der Waals surface area contributed by atoms with Crippen molar-refractivity contribution >= 4 is 72.0 Å². The van der Waals surface area contributed by atoms with Crippen molar-refractivity contribution < 1.29 is 18.7 Å². The summed E-state index contributed by atoms with van der Waals surface area (Å²) in [7, 11) is -1.60. The first-order chi connectivity index (χ1) is 22.6. The Bertz CT molecular complexity index is 1740. The molecule has 14 heteroatoms. The maximum Gasteiger partial charge on any atom is 0.357 e. The van der Waals surface area contributed by atoms with Crippen LogP contribution in [-0.2, 0) is 20.6 Å². The fourth-order valence-corrected chi connectivity index (χ4v) is 8.24. The molecule has 1 aromatic carbocycles. The van der Waals surface area contributed by atoms with Gasteiger partial charge in [0, 0.05) is 33.2 Å². The summed E-state index contributed by atoms with van der Waals surface area (Å²) in [5.74, 6) is 0.754. The van der Waals surface area contributed by atoms with Crippen LogP contribution in [0, 0.1) is 6.92 Å². The molecule has 0 fully saturated rings. The number of nitrogens with zero attached hydrogens (tertiary/aromatic N) is 6. The Morgan fingerprint density at radius 3 is 2.48 bits per heavy atom. The summed E-state index contributed by atoms with van der Waals surface area (Å²) in [5.41, 5.74) is 2.26. The van der Waals surface area contributed by atoms with Gasteiger partial charge in [0.1, 0.15) is 6.73 Å². The van der Waals surface area contributed by atoms with Gasteiger partial charge in [-0.25, -0.2) is 9.78 Å².